The molecule has 0 saturated heterocycles. The fraction of sp³-hybridized carbons (Fsp3) is 0.308. The van der Waals surface area contributed by atoms with Crippen LogP contribution in [0.4, 0.5) is 0 Å². The van der Waals surface area contributed by atoms with E-state index in [2.05, 4.69) is 34.7 Å². The van der Waals surface area contributed by atoms with Crippen molar-refractivity contribution in [3.63, 3.8) is 0 Å². The number of nitrogens with one attached hydrogen (secondary N) is 1. The van der Waals surface area contributed by atoms with Gasteiger partial charge in [0.2, 0.25) is 0 Å². The minimum absolute atomic E-state index is 0.0196. The summed E-state index contributed by atoms with van der Waals surface area (Å²) >= 11 is 3.16. The van der Waals surface area contributed by atoms with Gasteiger partial charge in [0.1, 0.15) is 5.75 Å². The normalized spacial score (nSPS) is 9.76. The van der Waals surface area contributed by atoms with E-state index in [0.717, 1.165) is 10.9 Å². The minimum Gasteiger partial charge on any atom is -0.484 e. The Morgan fingerprint density at radius 2 is 2.06 bits per heavy atom. The van der Waals surface area contributed by atoms with Gasteiger partial charge in [0.05, 0.1) is 0 Å². The van der Waals surface area contributed by atoms with Gasteiger partial charge in [-0.15, -0.1) is 0 Å². The van der Waals surface area contributed by atoms with Gasteiger partial charge < -0.3 is 10.1 Å². The summed E-state index contributed by atoms with van der Waals surface area (Å²) in [5, 5.41) is 2.66. The van der Waals surface area contributed by atoms with Gasteiger partial charge in [0.15, 0.2) is 6.61 Å². The summed E-state index contributed by atoms with van der Waals surface area (Å²) in [6.45, 7) is 6.15. The standard InChI is InChI=1S/C13H16BrNO2/c1-3-11-4-6-12(7-5-11)17-9-13(16)15-8-10(2)14/h4-7H,2-3,8-9H2,1H3,(H,15,16). The maximum Gasteiger partial charge on any atom is 0.258 e. The molecule has 1 amide bonds. The number of aryl methyl sites for hydroxylation is 1. The van der Waals surface area contributed by atoms with E-state index in [1.54, 1.807) is 0 Å². The number of ether oxygens (including phenoxy) is 1. The number of amides is 1. The summed E-state index contributed by atoms with van der Waals surface area (Å²) in [6, 6.07) is 7.73. The second kappa shape index (κ2) is 7.12. The number of carbonyl (C=O) groups is 1. The molecule has 4 heteroatoms. The molecule has 1 rings (SSSR count). The molecular weight excluding hydrogens is 282 g/mol. The summed E-state index contributed by atoms with van der Waals surface area (Å²) in [7, 11) is 0. The molecule has 0 bridgehead atoms. The molecule has 0 radical (unpaired) electrons. The number of hydrogen-bond donors (Lipinski definition) is 1. The first-order chi connectivity index (χ1) is 8.11. The topological polar surface area (TPSA) is 38.3 Å². The van der Waals surface area contributed by atoms with E-state index in [4.69, 9.17) is 4.74 Å². The molecule has 0 spiro atoms. The Morgan fingerprint density at radius 1 is 1.41 bits per heavy atom. The van der Waals surface area contributed by atoms with Crippen LogP contribution >= 0.6 is 15.9 Å². The first-order valence-corrected chi connectivity index (χ1v) is 6.23. The predicted molar refractivity (Wildman–Crippen MR) is 72.4 cm³/mol. The third-order valence-electron chi connectivity index (χ3n) is 2.18. The average molecular weight is 298 g/mol. The number of carbonyl (C=O) groups excluding carboxylic acids is 1. The molecule has 0 heterocycles. The molecule has 1 N–H and O–H groups in total. The molecule has 0 fully saturated rings. The summed E-state index contributed by atoms with van der Waals surface area (Å²) < 4.78 is 6.08. The van der Waals surface area contributed by atoms with Crippen LogP contribution in [0.25, 0.3) is 0 Å². The van der Waals surface area contributed by atoms with E-state index in [1.807, 2.05) is 24.3 Å². The number of rotatable bonds is 6. The van der Waals surface area contributed by atoms with Crippen LogP contribution in [0.5, 0.6) is 5.75 Å². The molecule has 1 aromatic carbocycles. The van der Waals surface area contributed by atoms with E-state index in [-0.39, 0.29) is 12.5 Å². The Bertz CT molecular complexity index is 387. The molecule has 17 heavy (non-hydrogen) atoms. The summed E-state index contributed by atoms with van der Waals surface area (Å²) in [5.41, 5.74) is 1.25. The minimum atomic E-state index is -0.162. The van der Waals surface area contributed by atoms with Crippen molar-refractivity contribution >= 4 is 21.8 Å². The summed E-state index contributed by atoms with van der Waals surface area (Å²) in [4.78, 5) is 11.3. The second-order valence-electron chi connectivity index (χ2n) is 3.58. The lowest BCUT2D eigenvalue weighted by atomic mass is 10.2. The molecule has 0 unspecified atom stereocenters. The first kappa shape index (κ1) is 13.8. The van der Waals surface area contributed by atoms with Crippen LogP contribution in [0, 0.1) is 0 Å². The highest BCUT2D eigenvalue weighted by Gasteiger charge is 2.02. The quantitative estimate of drug-likeness (QED) is 0.877. The Morgan fingerprint density at radius 3 is 2.59 bits per heavy atom. The maximum atomic E-state index is 11.3. The maximum absolute atomic E-state index is 11.3. The fourth-order valence-electron chi connectivity index (χ4n) is 1.22. The van der Waals surface area contributed by atoms with Crippen LogP contribution in [-0.2, 0) is 11.2 Å². The van der Waals surface area contributed by atoms with Gasteiger partial charge in [-0.25, -0.2) is 0 Å². The zero-order chi connectivity index (χ0) is 12.7. The SMILES string of the molecule is C=C(Br)CNC(=O)COc1ccc(CC)cc1. The monoisotopic (exact) mass is 297 g/mol. The highest BCUT2D eigenvalue weighted by Crippen LogP contribution is 2.12. The van der Waals surface area contributed by atoms with E-state index in [0.29, 0.717) is 12.3 Å². The van der Waals surface area contributed by atoms with Crippen molar-refractivity contribution in [3.8, 4) is 5.75 Å². The largest absolute Gasteiger partial charge is 0.484 e. The number of benzene rings is 1. The number of hydrogen-bond acceptors (Lipinski definition) is 2. The van der Waals surface area contributed by atoms with Crippen molar-refractivity contribution in [1.29, 1.82) is 0 Å². The van der Waals surface area contributed by atoms with E-state index < -0.39 is 0 Å². The van der Waals surface area contributed by atoms with Gasteiger partial charge in [0.25, 0.3) is 5.91 Å². The van der Waals surface area contributed by atoms with Crippen LogP contribution in [0.3, 0.4) is 0 Å². The van der Waals surface area contributed by atoms with Crippen molar-refractivity contribution < 1.29 is 9.53 Å². The van der Waals surface area contributed by atoms with Crippen LogP contribution < -0.4 is 10.1 Å². The lowest BCUT2D eigenvalue weighted by molar-refractivity contribution is -0.122. The fourth-order valence-corrected chi connectivity index (χ4v) is 1.36. The first-order valence-electron chi connectivity index (χ1n) is 5.43. The third kappa shape index (κ3) is 5.54. The molecule has 0 aromatic heterocycles. The van der Waals surface area contributed by atoms with Crippen molar-refractivity contribution in [2.24, 2.45) is 0 Å². The summed E-state index contributed by atoms with van der Waals surface area (Å²) in [6.07, 6.45) is 0.994. The zero-order valence-electron chi connectivity index (χ0n) is 9.83. The van der Waals surface area contributed by atoms with Crippen molar-refractivity contribution in [2.75, 3.05) is 13.2 Å². The lowest BCUT2D eigenvalue weighted by Gasteiger charge is -2.07. The van der Waals surface area contributed by atoms with Crippen LogP contribution in [-0.4, -0.2) is 19.1 Å². The molecule has 0 saturated carbocycles. The highest BCUT2D eigenvalue weighted by molar-refractivity contribution is 9.11. The Hall–Kier alpha value is -1.29. The van der Waals surface area contributed by atoms with Gasteiger partial charge in [-0.05, 0) is 24.1 Å². The van der Waals surface area contributed by atoms with Gasteiger partial charge in [-0.1, -0.05) is 41.6 Å². The van der Waals surface area contributed by atoms with Crippen molar-refractivity contribution in [2.45, 2.75) is 13.3 Å². The predicted octanol–water partition coefficient (Wildman–Crippen LogP) is 2.65. The van der Waals surface area contributed by atoms with Gasteiger partial charge >= 0.3 is 0 Å². The van der Waals surface area contributed by atoms with Gasteiger partial charge in [-0.2, -0.15) is 0 Å². The van der Waals surface area contributed by atoms with Crippen LogP contribution in [0.1, 0.15) is 12.5 Å². The third-order valence-corrected chi connectivity index (χ3v) is 2.46. The highest BCUT2D eigenvalue weighted by atomic mass is 79.9. The molecule has 0 aliphatic rings. The Labute approximate surface area is 110 Å². The lowest BCUT2D eigenvalue weighted by Crippen LogP contribution is -2.29. The summed E-state index contributed by atoms with van der Waals surface area (Å²) in [5.74, 6) is 0.542. The number of halogens is 1. The molecule has 3 nitrogen and oxygen atoms in total. The second-order valence-corrected chi connectivity index (χ2v) is 4.70. The molecular formula is C13H16BrNO2. The Kier molecular flexibility index (Phi) is 5.77. The molecule has 0 aliphatic heterocycles. The smallest absolute Gasteiger partial charge is 0.258 e. The van der Waals surface area contributed by atoms with Gasteiger partial charge in [0, 0.05) is 11.0 Å². The van der Waals surface area contributed by atoms with Crippen molar-refractivity contribution in [1.82, 2.24) is 5.32 Å². The van der Waals surface area contributed by atoms with Crippen LogP contribution in [0.2, 0.25) is 0 Å². The molecule has 92 valence electrons. The van der Waals surface area contributed by atoms with Crippen LogP contribution in [0.15, 0.2) is 35.3 Å². The van der Waals surface area contributed by atoms with Crippen molar-refractivity contribution in [3.05, 3.63) is 40.9 Å². The van der Waals surface area contributed by atoms with E-state index >= 15 is 0 Å². The molecule has 1 aromatic rings. The van der Waals surface area contributed by atoms with E-state index in [9.17, 15) is 4.79 Å². The molecule has 0 atom stereocenters. The molecule has 0 aliphatic carbocycles. The van der Waals surface area contributed by atoms with E-state index in [1.165, 1.54) is 5.56 Å². The average Bonchev–Trinajstić information content (AvgIpc) is 2.34. The Balaban J connectivity index is 2.34. The zero-order valence-corrected chi connectivity index (χ0v) is 11.4. The van der Waals surface area contributed by atoms with Gasteiger partial charge in [-0.3, -0.25) is 4.79 Å².